The molecule has 0 atom stereocenters. The maximum absolute atomic E-state index is 15.3. The maximum atomic E-state index is 15.3. The lowest BCUT2D eigenvalue weighted by Gasteiger charge is -2.27. The third-order valence-corrected chi connectivity index (χ3v) is 7.17. The van der Waals surface area contributed by atoms with Crippen LogP contribution < -0.4 is 19.6 Å². The number of halogens is 2. The van der Waals surface area contributed by atoms with E-state index in [0.29, 0.717) is 27.9 Å². The van der Waals surface area contributed by atoms with Crippen molar-refractivity contribution in [2.24, 2.45) is 0 Å². The second-order valence-electron chi connectivity index (χ2n) is 10.6. The highest BCUT2D eigenvalue weighted by molar-refractivity contribution is 5.98. The summed E-state index contributed by atoms with van der Waals surface area (Å²) in [7, 11) is 2.91. The molecule has 0 saturated carbocycles. The molecule has 3 heterocycles. The zero-order chi connectivity index (χ0) is 31.6. The largest absolute Gasteiger partial charge is 0.491 e. The van der Waals surface area contributed by atoms with Crippen LogP contribution in [-0.2, 0) is 12.0 Å². The van der Waals surface area contributed by atoms with Crippen molar-refractivity contribution in [1.29, 1.82) is 0 Å². The summed E-state index contributed by atoms with van der Waals surface area (Å²) < 4.78 is 46.8. The van der Waals surface area contributed by atoms with E-state index < -0.39 is 28.4 Å². The zero-order valence-corrected chi connectivity index (χ0v) is 24.4. The SMILES string of the molecule is COc1cc2nccc(Oc3ccc(CC(=O)c4cn(C(C)(C)CO)cc(-c5ccc(F)cc5)c4=O)cc3F)c2nc1OC. The Hall–Kier alpha value is -5.16. The van der Waals surface area contributed by atoms with Crippen molar-refractivity contribution in [3.63, 3.8) is 0 Å². The molecule has 5 aromatic rings. The lowest BCUT2D eigenvalue weighted by Crippen LogP contribution is -2.33. The molecule has 226 valence electrons. The third kappa shape index (κ3) is 6.00. The molecule has 0 amide bonds. The number of ketones is 1. The van der Waals surface area contributed by atoms with Gasteiger partial charge in [0, 0.05) is 42.7 Å². The molecule has 0 aliphatic rings. The van der Waals surface area contributed by atoms with Gasteiger partial charge in [0.2, 0.25) is 0 Å². The van der Waals surface area contributed by atoms with Gasteiger partial charge in [-0.05, 0) is 49.2 Å². The average Bonchev–Trinajstić information content (AvgIpc) is 3.02. The number of methoxy groups -OCH3 is 2. The lowest BCUT2D eigenvalue weighted by molar-refractivity contribution is 0.0989. The molecule has 0 fully saturated rings. The highest BCUT2D eigenvalue weighted by Crippen LogP contribution is 2.35. The van der Waals surface area contributed by atoms with Gasteiger partial charge in [0.25, 0.3) is 5.88 Å². The predicted molar refractivity (Wildman–Crippen MR) is 160 cm³/mol. The zero-order valence-electron chi connectivity index (χ0n) is 24.4. The summed E-state index contributed by atoms with van der Waals surface area (Å²) >= 11 is 0. The molecular formula is C33H29F2N3O6. The number of hydrogen-bond acceptors (Lipinski definition) is 8. The molecular weight excluding hydrogens is 572 g/mol. The molecule has 0 spiro atoms. The van der Waals surface area contributed by atoms with E-state index in [2.05, 4.69) is 9.97 Å². The van der Waals surface area contributed by atoms with Crippen LogP contribution >= 0.6 is 0 Å². The van der Waals surface area contributed by atoms with E-state index in [1.54, 1.807) is 24.5 Å². The molecule has 0 aliphatic carbocycles. The van der Waals surface area contributed by atoms with Gasteiger partial charge in [-0.2, -0.15) is 0 Å². The topological polar surface area (TPSA) is 113 Å². The summed E-state index contributed by atoms with van der Waals surface area (Å²) in [6.45, 7) is 3.20. The molecule has 0 unspecified atom stereocenters. The molecule has 44 heavy (non-hydrogen) atoms. The summed E-state index contributed by atoms with van der Waals surface area (Å²) in [4.78, 5) is 35.6. The minimum Gasteiger partial charge on any atom is -0.491 e. The van der Waals surface area contributed by atoms with Crippen LogP contribution in [0.5, 0.6) is 23.1 Å². The maximum Gasteiger partial charge on any atom is 0.257 e. The van der Waals surface area contributed by atoms with Crippen molar-refractivity contribution in [3.05, 3.63) is 106 Å². The van der Waals surface area contributed by atoms with Crippen molar-refractivity contribution in [3.8, 4) is 34.3 Å². The Morgan fingerprint density at radius 3 is 2.36 bits per heavy atom. The first-order chi connectivity index (χ1) is 21.0. The number of aromatic nitrogens is 3. The van der Waals surface area contributed by atoms with Gasteiger partial charge in [-0.15, -0.1) is 0 Å². The average molecular weight is 602 g/mol. The predicted octanol–water partition coefficient (Wildman–Crippen LogP) is 5.70. The van der Waals surface area contributed by atoms with Crippen molar-refractivity contribution < 1.29 is 32.9 Å². The number of hydrogen-bond donors (Lipinski definition) is 1. The molecule has 9 nitrogen and oxygen atoms in total. The minimum atomic E-state index is -0.857. The Morgan fingerprint density at radius 2 is 1.70 bits per heavy atom. The Bertz CT molecular complexity index is 1920. The van der Waals surface area contributed by atoms with Gasteiger partial charge in [0.1, 0.15) is 11.3 Å². The number of nitrogens with zero attached hydrogens (tertiary/aromatic N) is 3. The van der Waals surface area contributed by atoms with Crippen LogP contribution in [0, 0.1) is 11.6 Å². The van der Waals surface area contributed by atoms with Gasteiger partial charge in [-0.1, -0.05) is 18.2 Å². The van der Waals surface area contributed by atoms with Gasteiger partial charge in [0.15, 0.2) is 34.3 Å². The number of aliphatic hydroxyl groups is 1. The molecule has 2 aromatic carbocycles. The molecule has 0 bridgehead atoms. The second kappa shape index (κ2) is 12.2. The Morgan fingerprint density at radius 1 is 0.955 bits per heavy atom. The van der Waals surface area contributed by atoms with Gasteiger partial charge >= 0.3 is 0 Å². The number of carbonyl (C=O) groups excluding carboxylic acids is 1. The second-order valence-corrected chi connectivity index (χ2v) is 10.6. The number of pyridine rings is 3. The van der Waals surface area contributed by atoms with E-state index in [9.17, 15) is 19.1 Å². The fraction of sp³-hybridized carbons (Fsp3) is 0.212. The Balaban J connectivity index is 1.45. The highest BCUT2D eigenvalue weighted by Gasteiger charge is 2.24. The summed E-state index contributed by atoms with van der Waals surface area (Å²) in [5.41, 5.74) is 0.0964. The van der Waals surface area contributed by atoms with E-state index in [4.69, 9.17) is 14.2 Å². The minimum absolute atomic E-state index is 0.115. The molecule has 11 heteroatoms. The highest BCUT2D eigenvalue weighted by atomic mass is 19.1. The lowest BCUT2D eigenvalue weighted by atomic mass is 9.97. The van der Waals surface area contributed by atoms with Gasteiger partial charge < -0.3 is 23.9 Å². The van der Waals surface area contributed by atoms with Crippen LogP contribution in [0.2, 0.25) is 0 Å². The molecule has 3 aromatic heterocycles. The summed E-state index contributed by atoms with van der Waals surface area (Å²) in [6, 6.07) is 12.5. The van der Waals surface area contributed by atoms with Gasteiger partial charge in [-0.3, -0.25) is 14.6 Å². The van der Waals surface area contributed by atoms with Crippen LogP contribution in [0.15, 0.2) is 78.0 Å². The molecule has 0 aliphatic heterocycles. The number of Topliss-reactive ketones (excluding diaryl/α,β-unsaturated/α-hetero) is 1. The monoisotopic (exact) mass is 601 g/mol. The first-order valence-electron chi connectivity index (χ1n) is 13.6. The molecule has 0 saturated heterocycles. The van der Waals surface area contributed by atoms with Crippen LogP contribution in [0.3, 0.4) is 0 Å². The first-order valence-corrected chi connectivity index (χ1v) is 13.6. The van der Waals surface area contributed by atoms with Gasteiger partial charge in [0.05, 0.1) is 37.4 Å². The molecule has 1 N–H and O–H groups in total. The fourth-order valence-corrected chi connectivity index (χ4v) is 4.57. The normalized spacial score (nSPS) is 11.4. The summed E-state index contributed by atoms with van der Waals surface area (Å²) in [6.07, 6.45) is 4.11. The fourth-order valence-electron chi connectivity index (χ4n) is 4.57. The molecule has 0 radical (unpaired) electrons. The van der Waals surface area contributed by atoms with Crippen LogP contribution in [0.25, 0.3) is 22.2 Å². The van der Waals surface area contributed by atoms with E-state index in [1.165, 1.54) is 75.3 Å². The smallest absolute Gasteiger partial charge is 0.257 e. The summed E-state index contributed by atoms with van der Waals surface area (Å²) in [5, 5.41) is 9.94. The van der Waals surface area contributed by atoms with Crippen LogP contribution in [0.4, 0.5) is 8.78 Å². The molecule has 5 rings (SSSR count). The number of carbonyl (C=O) groups is 1. The standard InChI is InChI=1S/C33H29F2N3O6/c1-33(2,18-39)38-16-22(20-6-8-21(34)9-7-20)31(41)23(17-38)26(40)14-19-5-10-27(24(35)13-19)44-28-11-12-36-25-15-29(42-3)32(43-4)37-30(25)28/h5-13,15-17,39H,14,18H2,1-4H3. The Labute approximate surface area is 251 Å². The van der Waals surface area contributed by atoms with Crippen molar-refractivity contribution in [2.45, 2.75) is 25.8 Å². The Kier molecular flexibility index (Phi) is 8.41. The van der Waals surface area contributed by atoms with Crippen LogP contribution in [-0.4, -0.2) is 46.3 Å². The van der Waals surface area contributed by atoms with Gasteiger partial charge in [-0.25, -0.2) is 13.8 Å². The third-order valence-electron chi connectivity index (χ3n) is 7.17. The number of aliphatic hydroxyl groups excluding tert-OH is 1. The number of fused-ring (bicyclic) bond motifs is 1. The number of ether oxygens (including phenoxy) is 3. The summed E-state index contributed by atoms with van der Waals surface area (Å²) in [5.74, 6) is -1.07. The van der Waals surface area contributed by atoms with Crippen LogP contribution in [0.1, 0.15) is 29.8 Å². The number of rotatable bonds is 10. The number of benzene rings is 2. The van der Waals surface area contributed by atoms with Crippen molar-refractivity contribution in [2.75, 3.05) is 20.8 Å². The quantitative estimate of drug-likeness (QED) is 0.203. The van der Waals surface area contributed by atoms with E-state index in [0.717, 1.165) is 6.07 Å². The van der Waals surface area contributed by atoms with E-state index in [-0.39, 0.29) is 41.5 Å². The first kappa shape index (κ1) is 30.3. The van der Waals surface area contributed by atoms with E-state index >= 15 is 4.39 Å². The van der Waals surface area contributed by atoms with Crippen molar-refractivity contribution >= 4 is 16.8 Å². The van der Waals surface area contributed by atoms with Crippen molar-refractivity contribution in [1.82, 2.24) is 14.5 Å². The van der Waals surface area contributed by atoms with E-state index in [1.807, 2.05) is 0 Å².